The van der Waals surface area contributed by atoms with Crippen molar-refractivity contribution in [3.8, 4) is 6.07 Å². The second-order valence-corrected chi connectivity index (χ2v) is 3.00. The quantitative estimate of drug-likeness (QED) is 0.641. The Bertz CT molecular complexity index is 221. The molecule has 1 N–H and O–H groups in total. The van der Waals surface area contributed by atoms with Gasteiger partial charge in [-0.3, -0.25) is 4.79 Å². The van der Waals surface area contributed by atoms with Crippen molar-refractivity contribution in [3.05, 3.63) is 11.6 Å². The van der Waals surface area contributed by atoms with E-state index >= 15 is 0 Å². The molecule has 66 valence electrons. The Labute approximate surface area is 73.1 Å². The average molecular weight is 166 g/mol. The fourth-order valence-corrected chi connectivity index (χ4v) is 0.613. The molecule has 12 heavy (non-hydrogen) atoms. The zero-order valence-corrected chi connectivity index (χ0v) is 7.72. The maximum absolute atomic E-state index is 11.0. The summed E-state index contributed by atoms with van der Waals surface area (Å²) in [7, 11) is 0. The number of carbonyl (C=O) groups is 1. The van der Waals surface area contributed by atoms with Crippen molar-refractivity contribution >= 4 is 5.91 Å². The summed E-state index contributed by atoms with van der Waals surface area (Å²) in [6.07, 6.45) is 1.52. The van der Waals surface area contributed by atoms with E-state index in [9.17, 15) is 4.79 Å². The predicted molar refractivity (Wildman–Crippen MR) is 47.2 cm³/mol. The molecule has 1 amide bonds. The summed E-state index contributed by atoms with van der Waals surface area (Å²) in [4.78, 5) is 11.0. The highest BCUT2D eigenvalue weighted by molar-refractivity contribution is 5.87. The Morgan fingerprint density at radius 2 is 2.25 bits per heavy atom. The summed E-state index contributed by atoms with van der Waals surface area (Å²) in [6, 6.07) is 2.04. The first kappa shape index (κ1) is 10.7. The summed E-state index contributed by atoms with van der Waals surface area (Å²) in [5, 5.41) is 11.0. The number of nitrogens with one attached hydrogen (secondary N) is 1. The number of nitriles is 1. The molecule has 0 aromatic carbocycles. The number of carbonyl (C=O) groups excluding carboxylic acids is 1. The van der Waals surface area contributed by atoms with Gasteiger partial charge in [-0.15, -0.1) is 0 Å². The van der Waals surface area contributed by atoms with Crippen molar-refractivity contribution in [2.24, 2.45) is 5.92 Å². The summed E-state index contributed by atoms with van der Waals surface area (Å²) >= 11 is 0. The van der Waals surface area contributed by atoms with Crippen LogP contribution >= 0.6 is 0 Å². The zero-order valence-electron chi connectivity index (χ0n) is 7.72. The van der Waals surface area contributed by atoms with Crippen LogP contribution < -0.4 is 5.32 Å². The van der Waals surface area contributed by atoms with Crippen molar-refractivity contribution in [2.45, 2.75) is 20.8 Å². The third-order valence-electron chi connectivity index (χ3n) is 1.22. The topological polar surface area (TPSA) is 52.9 Å². The molecule has 0 aliphatic heterocycles. The number of amides is 1. The largest absolute Gasteiger partial charge is 0.351 e. The number of nitrogens with zero attached hydrogens (tertiary/aromatic N) is 1. The Hall–Kier alpha value is -1.30. The summed E-state index contributed by atoms with van der Waals surface area (Å²) in [5.41, 5.74) is 0.956. The van der Waals surface area contributed by atoms with E-state index in [0.717, 1.165) is 5.57 Å². The van der Waals surface area contributed by atoms with Gasteiger partial charge < -0.3 is 5.32 Å². The molecule has 0 bridgehead atoms. The number of rotatable bonds is 3. The van der Waals surface area contributed by atoms with E-state index in [1.807, 2.05) is 19.9 Å². The molecule has 0 aliphatic rings. The fourth-order valence-electron chi connectivity index (χ4n) is 0.613. The second-order valence-electron chi connectivity index (χ2n) is 3.00. The number of hydrogen-bond donors (Lipinski definition) is 1. The second kappa shape index (κ2) is 5.36. The molecule has 0 saturated carbocycles. The minimum absolute atomic E-state index is 0.125. The summed E-state index contributed by atoms with van der Waals surface area (Å²) in [5.74, 6) is -0.253. The highest BCUT2D eigenvalue weighted by Gasteiger charge is 2.00. The first-order valence-corrected chi connectivity index (χ1v) is 3.88. The molecule has 3 nitrogen and oxygen atoms in total. The van der Waals surface area contributed by atoms with Crippen molar-refractivity contribution in [1.82, 2.24) is 5.32 Å². The minimum Gasteiger partial charge on any atom is -0.351 e. The summed E-state index contributed by atoms with van der Waals surface area (Å²) < 4.78 is 0. The first-order chi connectivity index (χ1) is 5.56. The Morgan fingerprint density at radius 1 is 1.67 bits per heavy atom. The lowest BCUT2D eigenvalue weighted by atomic mass is 10.2. The van der Waals surface area contributed by atoms with Crippen LogP contribution in [0, 0.1) is 17.2 Å². The molecule has 1 unspecified atom stereocenters. The molecule has 0 rings (SSSR count). The monoisotopic (exact) mass is 166 g/mol. The standard InChI is InChI=1S/C9H14N2O/c1-7(2)4-9(12)11-6-8(3)5-10/h4,8H,6H2,1-3H3,(H,11,12). The number of hydrogen-bond acceptors (Lipinski definition) is 2. The van der Waals surface area contributed by atoms with Crippen LogP contribution in [0.4, 0.5) is 0 Å². The van der Waals surface area contributed by atoms with Gasteiger partial charge >= 0.3 is 0 Å². The molecule has 0 spiro atoms. The lowest BCUT2D eigenvalue weighted by Crippen LogP contribution is -2.26. The molecular formula is C9H14N2O. The Kier molecular flexibility index (Phi) is 4.78. The normalized spacial score (nSPS) is 11.2. The van der Waals surface area contributed by atoms with E-state index in [0.29, 0.717) is 6.54 Å². The highest BCUT2D eigenvalue weighted by Crippen LogP contribution is 1.90. The SMILES string of the molecule is CC(C)=CC(=O)NCC(C)C#N. The maximum atomic E-state index is 11.0. The molecule has 0 fully saturated rings. The smallest absolute Gasteiger partial charge is 0.243 e. The molecule has 0 aliphatic carbocycles. The van der Waals surface area contributed by atoms with Gasteiger partial charge in [-0.25, -0.2) is 0 Å². The van der Waals surface area contributed by atoms with Crippen LogP contribution in [-0.4, -0.2) is 12.5 Å². The third kappa shape index (κ3) is 5.48. The van der Waals surface area contributed by atoms with Crippen molar-refractivity contribution in [2.75, 3.05) is 6.54 Å². The third-order valence-corrected chi connectivity index (χ3v) is 1.22. The molecule has 0 radical (unpaired) electrons. The minimum atomic E-state index is -0.128. The Morgan fingerprint density at radius 3 is 2.67 bits per heavy atom. The van der Waals surface area contributed by atoms with Crippen molar-refractivity contribution < 1.29 is 4.79 Å². The van der Waals surface area contributed by atoms with Gasteiger partial charge in [-0.05, 0) is 20.8 Å². The van der Waals surface area contributed by atoms with Gasteiger partial charge in [0.2, 0.25) is 5.91 Å². The predicted octanol–water partition coefficient (Wildman–Crippen LogP) is 1.23. The van der Waals surface area contributed by atoms with Crippen molar-refractivity contribution in [3.63, 3.8) is 0 Å². The molecular weight excluding hydrogens is 152 g/mol. The van der Waals surface area contributed by atoms with Gasteiger partial charge in [0.15, 0.2) is 0 Å². The van der Waals surface area contributed by atoms with Gasteiger partial charge in [0.1, 0.15) is 0 Å². The molecule has 0 aromatic heterocycles. The van der Waals surface area contributed by atoms with E-state index in [-0.39, 0.29) is 11.8 Å². The van der Waals surface area contributed by atoms with E-state index < -0.39 is 0 Å². The molecule has 1 atom stereocenters. The average Bonchev–Trinajstić information content (AvgIpc) is 1.99. The lowest BCUT2D eigenvalue weighted by molar-refractivity contribution is -0.116. The van der Waals surface area contributed by atoms with Gasteiger partial charge in [0.05, 0.1) is 12.0 Å². The van der Waals surface area contributed by atoms with Gasteiger partial charge in [0, 0.05) is 12.6 Å². The van der Waals surface area contributed by atoms with Crippen LogP contribution in [-0.2, 0) is 4.79 Å². The molecule has 3 heteroatoms. The Balaban J connectivity index is 3.74. The maximum Gasteiger partial charge on any atom is 0.243 e. The highest BCUT2D eigenvalue weighted by atomic mass is 16.1. The van der Waals surface area contributed by atoms with Gasteiger partial charge in [-0.2, -0.15) is 5.26 Å². The molecule has 0 heterocycles. The van der Waals surface area contributed by atoms with Crippen molar-refractivity contribution in [1.29, 1.82) is 5.26 Å². The van der Waals surface area contributed by atoms with Crippen LogP contribution in [0.3, 0.4) is 0 Å². The first-order valence-electron chi connectivity index (χ1n) is 3.88. The van der Waals surface area contributed by atoms with Gasteiger partial charge in [-0.1, -0.05) is 5.57 Å². The molecule has 0 saturated heterocycles. The molecule has 0 aromatic rings. The fraction of sp³-hybridized carbons (Fsp3) is 0.556. The lowest BCUT2D eigenvalue weighted by Gasteiger charge is -2.02. The summed E-state index contributed by atoms with van der Waals surface area (Å²) in [6.45, 7) is 5.89. The van der Waals surface area contributed by atoms with Crippen LogP contribution in [0.5, 0.6) is 0 Å². The van der Waals surface area contributed by atoms with E-state index in [1.54, 1.807) is 6.92 Å². The van der Waals surface area contributed by atoms with E-state index in [1.165, 1.54) is 6.08 Å². The number of allylic oxidation sites excluding steroid dienone is 1. The van der Waals surface area contributed by atoms with Crippen LogP contribution in [0.1, 0.15) is 20.8 Å². The zero-order chi connectivity index (χ0) is 9.56. The van der Waals surface area contributed by atoms with Crippen LogP contribution in [0.15, 0.2) is 11.6 Å². The van der Waals surface area contributed by atoms with E-state index in [4.69, 9.17) is 5.26 Å². The van der Waals surface area contributed by atoms with Crippen LogP contribution in [0.25, 0.3) is 0 Å². The van der Waals surface area contributed by atoms with Gasteiger partial charge in [0.25, 0.3) is 0 Å². The van der Waals surface area contributed by atoms with E-state index in [2.05, 4.69) is 5.32 Å². The van der Waals surface area contributed by atoms with Crippen LogP contribution in [0.2, 0.25) is 0 Å².